The van der Waals surface area contributed by atoms with Crippen LogP contribution >= 0.6 is 0 Å². The molecule has 128 valence electrons. The number of ether oxygens (including phenoxy) is 2. The highest BCUT2D eigenvalue weighted by molar-refractivity contribution is 5.90. The molecular weight excluding hydrogens is 322 g/mol. The van der Waals surface area contributed by atoms with Crippen LogP contribution in [0.4, 0.5) is 0 Å². The minimum absolute atomic E-state index is 0.0523. The normalized spacial score (nSPS) is 14.8. The topological polar surface area (TPSA) is 69.0 Å². The van der Waals surface area contributed by atoms with Gasteiger partial charge < -0.3 is 18.8 Å². The fourth-order valence-electron chi connectivity index (χ4n) is 2.92. The van der Waals surface area contributed by atoms with Crippen molar-refractivity contribution >= 4 is 27.8 Å². The van der Waals surface area contributed by atoms with Crippen LogP contribution in [0.3, 0.4) is 0 Å². The number of hydrogen-bond acceptors (Lipinski definition) is 5. The predicted molar refractivity (Wildman–Crippen MR) is 92.9 cm³/mol. The summed E-state index contributed by atoms with van der Waals surface area (Å²) >= 11 is 0. The molecule has 0 atom stereocenters. The fraction of sp³-hybridized carbons (Fsp3) is 0.263. The van der Waals surface area contributed by atoms with Crippen LogP contribution in [-0.4, -0.2) is 43.7 Å². The third-order valence-electron chi connectivity index (χ3n) is 4.28. The van der Waals surface area contributed by atoms with Crippen molar-refractivity contribution in [3.63, 3.8) is 0 Å². The molecule has 6 heteroatoms. The molecule has 2 aromatic carbocycles. The number of benzene rings is 2. The zero-order valence-corrected chi connectivity index (χ0v) is 13.6. The lowest BCUT2D eigenvalue weighted by atomic mass is 10.1. The standard InChI is InChI=1S/C19H17NO5/c21-18(20-7-9-23-10-8-20)12-24-13-5-6-15-17(11-13)25-16-4-2-1-3-14(16)19(15)22/h1-6,11H,7-10,12H2. The number of morpholine rings is 1. The Labute approximate surface area is 143 Å². The number of carbonyl (C=O) groups is 1. The van der Waals surface area contributed by atoms with Gasteiger partial charge in [0.05, 0.1) is 24.0 Å². The molecule has 1 aliphatic heterocycles. The van der Waals surface area contributed by atoms with Crippen molar-refractivity contribution < 1.29 is 18.7 Å². The fourth-order valence-corrected chi connectivity index (χ4v) is 2.92. The first-order valence-electron chi connectivity index (χ1n) is 8.16. The van der Waals surface area contributed by atoms with E-state index in [0.29, 0.717) is 54.0 Å². The van der Waals surface area contributed by atoms with E-state index in [4.69, 9.17) is 13.9 Å². The molecule has 6 nitrogen and oxygen atoms in total. The minimum Gasteiger partial charge on any atom is -0.484 e. The van der Waals surface area contributed by atoms with Gasteiger partial charge in [0, 0.05) is 19.2 Å². The monoisotopic (exact) mass is 339 g/mol. The van der Waals surface area contributed by atoms with Crippen LogP contribution in [0.25, 0.3) is 21.9 Å². The lowest BCUT2D eigenvalue weighted by Gasteiger charge is -2.26. The van der Waals surface area contributed by atoms with Crippen molar-refractivity contribution in [2.45, 2.75) is 0 Å². The first kappa shape index (κ1) is 15.7. The predicted octanol–water partition coefficient (Wildman–Crippen LogP) is 2.18. The number of fused-ring (bicyclic) bond motifs is 2. The Hall–Kier alpha value is -2.86. The molecule has 1 saturated heterocycles. The molecule has 0 N–H and O–H groups in total. The summed E-state index contributed by atoms with van der Waals surface area (Å²) in [6.07, 6.45) is 0. The van der Waals surface area contributed by atoms with Crippen molar-refractivity contribution in [1.82, 2.24) is 4.90 Å². The average molecular weight is 339 g/mol. The van der Waals surface area contributed by atoms with Gasteiger partial charge in [0.25, 0.3) is 5.91 Å². The summed E-state index contributed by atoms with van der Waals surface area (Å²) in [6.45, 7) is 2.23. The SMILES string of the molecule is O=C(COc1ccc2c(=O)c3ccccc3oc2c1)N1CCOCC1. The molecule has 1 aliphatic rings. The lowest BCUT2D eigenvalue weighted by molar-refractivity contribution is -0.137. The maximum Gasteiger partial charge on any atom is 0.260 e. The number of rotatable bonds is 3. The van der Waals surface area contributed by atoms with Crippen LogP contribution in [0.5, 0.6) is 5.75 Å². The Bertz CT molecular complexity index is 988. The van der Waals surface area contributed by atoms with Gasteiger partial charge in [-0.05, 0) is 24.3 Å². The van der Waals surface area contributed by atoms with Gasteiger partial charge in [-0.15, -0.1) is 0 Å². The van der Waals surface area contributed by atoms with E-state index in [2.05, 4.69) is 0 Å². The number of hydrogen-bond donors (Lipinski definition) is 0. The van der Waals surface area contributed by atoms with Crippen molar-refractivity contribution in [1.29, 1.82) is 0 Å². The Morgan fingerprint density at radius 2 is 1.80 bits per heavy atom. The molecular formula is C19H17NO5. The maximum atomic E-state index is 12.5. The molecule has 0 saturated carbocycles. The molecule has 25 heavy (non-hydrogen) atoms. The summed E-state index contributed by atoms with van der Waals surface area (Å²) in [5, 5.41) is 1.04. The first-order valence-corrected chi connectivity index (χ1v) is 8.16. The number of para-hydroxylation sites is 1. The van der Waals surface area contributed by atoms with E-state index >= 15 is 0 Å². The van der Waals surface area contributed by atoms with Gasteiger partial charge in [0.15, 0.2) is 6.61 Å². The molecule has 0 radical (unpaired) electrons. The Morgan fingerprint density at radius 1 is 1.04 bits per heavy atom. The van der Waals surface area contributed by atoms with Crippen LogP contribution in [0.15, 0.2) is 51.7 Å². The average Bonchev–Trinajstić information content (AvgIpc) is 2.67. The number of carbonyl (C=O) groups excluding carboxylic acids is 1. The van der Waals surface area contributed by atoms with E-state index in [1.165, 1.54) is 0 Å². The molecule has 2 heterocycles. The highest BCUT2D eigenvalue weighted by Gasteiger charge is 2.17. The molecule has 3 aromatic rings. The third kappa shape index (κ3) is 3.08. The molecule has 0 unspecified atom stereocenters. The van der Waals surface area contributed by atoms with Gasteiger partial charge in [0.1, 0.15) is 16.9 Å². The van der Waals surface area contributed by atoms with E-state index in [-0.39, 0.29) is 17.9 Å². The second-order valence-electron chi connectivity index (χ2n) is 5.87. The van der Waals surface area contributed by atoms with E-state index in [1.807, 2.05) is 6.07 Å². The lowest BCUT2D eigenvalue weighted by Crippen LogP contribution is -2.42. The molecule has 0 aliphatic carbocycles. The molecule has 1 aromatic heterocycles. The van der Waals surface area contributed by atoms with Crippen molar-refractivity contribution in [3.05, 3.63) is 52.7 Å². The van der Waals surface area contributed by atoms with Crippen LogP contribution in [-0.2, 0) is 9.53 Å². The van der Waals surface area contributed by atoms with Gasteiger partial charge >= 0.3 is 0 Å². The smallest absolute Gasteiger partial charge is 0.260 e. The summed E-state index contributed by atoms with van der Waals surface area (Å²) in [5.41, 5.74) is 0.898. The second-order valence-corrected chi connectivity index (χ2v) is 5.87. The molecule has 1 fully saturated rings. The minimum atomic E-state index is -0.0802. The zero-order valence-electron chi connectivity index (χ0n) is 13.6. The first-order chi connectivity index (χ1) is 12.2. The van der Waals surface area contributed by atoms with Gasteiger partial charge in [0.2, 0.25) is 5.43 Å². The van der Waals surface area contributed by atoms with Gasteiger partial charge in [-0.1, -0.05) is 12.1 Å². The van der Waals surface area contributed by atoms with Gasteiger partial charge in [-0.25, -0.2) is 0 Å². The summed E-state index contributed by atoms with van der Waals surface area (Å²) in [4.78, 5) is 26.4. The Kier molecular flexibility index (Phi) is 4.11. The third-order valence-corrected chi connectivity index (χ3v) is 4.28. The number of nitrogens with zero attached hydrogens (tertiary/aromatic N) is 1. The van der Waals surface area contributed by atoms with Gasteiger partial charge in [-0.2, -0.15) is 0 Å². The summed E-state index contributed by atoms with van der Waals surface area (Å²) < 4.78 is 16.6. The summed E-state index contributed by atoms with van der Waals surface area (Å²) in [7, 11) is 0. The Balaban J connectivity index is 1.57. The molecule has 0 bridgehead atoms. The molecule has 1 amide bonds. The summed E-state index contributed by atoms with van der Waals surface area (Å²) in [5.74, 6) is 0.413. The highest BCUT2D eigenvalue weighted by atomic mass is 16.5. The van der Waals surface area contributed by atoms with Gasteiger partial charge in [-0.3, -0.25) is 9.59 Å². The van der Waals surface area contributed by atoms with E-state index < -0.39 is 0 Å². The van der Waals surface area contributed by atoms with Crippen LogP contribution in [0.1, 0.15) is 0 Å². The maximum absolute atomic E-state index is 12.5. The zero-order chi connectivity index (χ0) is 17.2. The van der Waals surface area contributed by atoms with Crippen LogP contribution in [0.2, 0.25) is 0 Å². The van der Waals surface area contributed by atoms with Crippen molar-refractivity contribution in [3.8, 4) is 5.75 Å². The van der Waals surface area contributed by atoms with Crippen LogP contribution < -0.4 is 10.2 Å². The molecule has 4 rings (SSSR count). The van der Waals surface area contributed by atoms with Crippen molar-refractivity contribution in [2.75, 3.05) is 32.9 Å². The highest BCUT2D eigenvalue weighted by Crippen LogP contribution is 2.22. The summed E-state index contributed by atoms with van der Waals surface area (Å²) in [6, 6.07) is 12.1. The van der Waals surface area contributed by atoms with Crippen LogP contribution in [0, 0.1) is 0 Å². The van der Waals surface area contributed by atoms with E-state index in [9.17, 15) is 9.59 Å². The van der Waals surface area contributed by atoms with Crippen molar-refractivity contribution in [2.24, 2.45) is 0 Å². The van der Waals surface area contributed by atoms with E-state index in [1.54, 1.807) is 41.3 Å². The largest absolute Gasteiger partial charge is 0.484 e. The second kappa shape index (κ2) is 6.57. The van der Waals surface area contributed by atoms with E-state index in [0.717, 1.165) is 0 Å². The Morgan fingerprint density at radius 3 is 2.64 bits per heavy atom. The molecule has 0 spiro atoms. The number of amides is 1. The quantitative estimate of drug-likeness (QED) is 0.684.